The number of ether oxygens (including phenoxy) is 1. The third-order valence-electron chi connectivity index (χ3n) is 2.43. The predicted octanol–water partition coefficient (Wildman–Crippen LogP) is 4.16. The van der Waals surface area contributed by atoms with E-state index in [1.54, 1.807) is 17.4 Å². The van der Waals surface area contributed by atoms with Crippen LogP contribution in [0.2, 0.25) is 0 Å². The number of allylic oxidation sites excluding steroid dienone is 3. The van der Waals surface area contributed by atoms with Crippen LogP contribution in [0.3, 0.4) is 0 Å². The summed E-state index contributed by atoms with van der Waals surface area (Å²) in [5, 5.41) is 17.1. The third kappa shape index (κ3) is 13.2. The van der Waals surface area contributed by atoms with E-state index in [2.05, 4.69) is 22.3 Å². The Morgan fingerprint density at radius 3 is 2.65 bits per heavy atom. The summed E-state index contributed by atoms with van der Waals surface area (Å²) in [6, 6.07) is 4.10. The molecule has 0 atom stereocenters. The van der Waals surface area contributed by atoms with Crippen molar-refractivity contribution in [3.05, 3.63) is 40.1 Å². The van der Waals surface area contributed by atoms with Gasteiger partial charge in [0.25, 0.3) is 0 Å². The van der Waals surface area contributed by atoms with Crippen molar-refractivity contribution < 1.29 is 19.4 Å². The molecule has 0 bridgehead atoms. The van der Waals surface area contributed by atoms with Crippen LogP contribution in [0.25, 0.3) is 6.08 Å². The quantitative estimate of drug-likeness (QED) is 0.423. The summed E-state index contributed by atoms with van der Waals surface area (Å²) in [6.45, 7) is 3.82. The fourth-order valence-electron chi connectivity index (χ4n) is 1.32. The Hall–Kier alpha value is -2.21. The van der Waals surface area contributed by atoms with Gasteiger partial charge >= 0.3 is 11.9 Å². The van der Waals surface area contributed by atoms with E-state index in [1.807, 2.05) is 26.0 Å². The van der Waals surface area contributed by atoms with Crippen LogP contribution in [-0.4, -0.2) is 29.9 Å². The highest BCUT2D eigenvalue weighted by atomic mass is 32.1. The van der Waals surface area contributed by atoms with Crippen molar-refractivity contribution in [2.45, 2.75) is 33.1 Å². The minimum atomic E-state index is -0.950. The standard InChI is InChI=1S/C10H11NS.C7H12O4/c1-9(6-7-11)4-5-10-3-2-8-12-10;1-2-3-7(10)11-5-4-6(8)9/h2-8,11H,1H3;2-5H2,1H3,(H,8,9)/b5-4+,9-6+,11-7?;. The van der Waals surface area contributed by atoms with Crippen LogP contribution in [-0.2, 0) is 14.3 Å². The zero-order valence-electron chi connectivity index (χ0n) is 13.5. The topological polar surface area (TPSA) is 87.5 Å². The van der Waals surface area contributed by atoms with Gasteiger partial charge < -0.3 is 15.3 Å². The van der Waals surface area contributed by atoms with Crippen LogP contribution in [0.5, 0.6) is 0 Å². The molecule has 1 rings (SSSR count). The lowest BCUT2D eigenvalue weighted by molar-refractivity contribution is -0.146. The Bertz CT molecular complexity index is 533. The van der Waals surface area contributed by atoms with Crippen molar-refractivity contribution in [1.82, 2.24) is 0 Å². The molecule has 126 valence electrons. The average molecular weight is 337 g/mol. The van der Waals surface area contributed by atoms with E-state index in [0.717, 1.165) is 12.0 Å². The zero-order chi connectivity index (χ0) is 17.5. The molecular formula is C17H23NO4S. The molecule has 0 unspecified atom stereocenters. The maximum atomic E-state index is 10.6. The van der Waals surface area contributed by atoms with Crippen molar-refractivity contribution in [1.29, 1.82) is 5.41 Å². The lowest BCUT2D eigenvalue weighted by Crippen LogP contribution is -2.08. The summed E-state index contributed by atoms with van der Waals surface area (Å²) in [7, 11) is 0. The van der Waals surface area contributed by atoms with Crippen LogP contribution in [0.15, 0.2) is 35.2 Å². The van der Waals surface area contributed by atoms with Crippen LogP contribution < -0.4 is 0 Å². The fourth-order valence-corrected chi connectivity index (χ4v) is 1.93. The van der Waals surface area contributed by atoms with Gasteiger partial charge in [0, 0.05) is 17.5 Å². The molecule has 0 aliphatic carbocycles. The van der Waals surface area contributed by atoms with Gasteiger partial charge in [-0.05, 0) is 42.5 Å². The molecule has 0 radical (unpaired) electrons. The molecule has 23 heavy (non-hydrogen) atoms. The molecule has 0 fully saturated rings. The number of esters is 1. The summed E-state index contributed by atoms with van der Waals surface area (Å²) >= 11 is 1.71. The number of carbonyl (C=O) groups is 2. The fraction of sp³-hybridized carbons (Fsp3) is 0.353. The monoisotopic (exact) mass is 337 g/mol. The SMILES string of the molecule is CC(/C=C/c1cccs1)=C\C=N.CCCC(=O)OCCC(=O)O. The lowest BCUT2D eigenvalue weighted by atomic mass is 10.2. The molecule has 0 saturated heterocycles. The van der Waals surface area contributed by atoms with E-state index in [9.17, 15) is 9.59 Å². The number of carbonyl (C=O) groups excluding carboxylic acids is 1. The van der Waals surface area contributed by atoms with Crippen molar-refractivity contribution in [3.8, 4) is 0 Å². The van der Waals surface area contributed by atoms with Crippen LogP contribution in [0.1, 0.15) is 38.0 Å². The highest BCUT2D eigenvalue weighted by Crippen LogP contribution is 2.11. The number of rotatable bonds is 8. The molecule has 0 aliphatic rings. The molecule has 2 N–H and O–H groups in total. The van der Waals surface area contributed by atoms with Crippen molar-refractivity contribution in [3.63, 3.8) is 0 Å². The molecule has 0 saturated carbocycles. The zero-order valence-corrected chi connectivity index (χ0v) is 14.3. The van der Waals surface area contributed by atoms with E-state index in [-0.39, 0.29) is 19.0 Å². The molecule has 0 spiro atoms. The number of carboxylic acids is 1. The van der Waals surface area contributed by atoms with Gasteiger partial charge in [0.1, 0.15) is 6.61 Å². The number of hydrogen-bond donors (Lipinski definition) is 2. The second-order valence-corrected chi connectivity index (χ2v) is 5.52. The van der Waals surface area contributed by atoms with Crippen LogP contribution >= 0.6 is 11.3 Å². The Kier molecular flexibility index (Phi) is 12.2. The van der Waals surface area contributed by atoms with Gasteiger partial charge in [-0.1, -0.05) is 19.1 Å². The molecule has 5 nitrogen and oxygen atoms in total. The number of thiophene rings is 1. The van der Waals surface area contributed by atoms with E-state index in [1.165, 1.54) is 11.1 Å². The molecule has 0 amide bonds. The van der Waals surface area contributed by atoms with Gasteiger partial charge in [-0.2, -0.15) is 0 Å². The molecular weight excluding hydrogens is 314 g/mol. The first-order valence-electron chi connectivity index (χ1n) is 7.26. The van der Waals surface area contributed by atoms with Crippen molar-refractivity contribution >= 4 is 35.6 Å². The first kappa shape index (κ1) is 20.8. The maximum absolute atomic E-state index is 10.6. The average Bonchev–Trinajstić information content (AvgIpc) is 2.99. The van der Waals surface area contributed by atoms with Crippen LogP contribution in [0, 0.1) is 5.41 Å². The Balaban J connectivity index is 0.000000423. The minimum absolute atomic E-state index is 0.0197. The van der Waals surface area contributed by atoms with E-state index < -0.39 is 5.97 Å². The van der Waals surface area contributed by atoms with E-state index >= 15 is 0 Å². The van der Waals surface area contributed by atoms with Crippen molar-refractivity contribution in [2.24, 2.45) is 0 Å². The second kappa shape index (κ2) is 13.5. The Labute approximate surface area is 140 Å². The number of nitrogens with one attached hydrogen (secondary N) is 1. The van der Waals surface area contributed by atoms with Gasteiger partial charge in [0.15, 0.2) is 0 Å². The van der Waals surface area contributed by atoms with Gasteiger partial charge in [-0.3, -0.25) is 9.59 Å². The van der Waals surface area contributed by atoms with Crippen LogP contribution in [0.4, 0.5) is 0 Å². The van der Waals surface area contributed by atoms with E-state index in [4.69, 9.17) is 10.5 Å². The lowest BCUT2D eigenvalue weighted by Gasteiger charge is -1.99. The number of hydrogen-bond acceptors (Lipinski definition) is 5. The molecule has 0 aliphatic heterocycles. The highest BCUT2D eigenvalue weighted by molar-refractivity contribution is 7.10. The summed E-state index contributed by atoms with van der Waals surface area (Å²) in [5.74, 6) is -1.27. The summed E-state index contributed by atoms with van der Waals surface area (Å²) in [6.07, 6.45) is 8.11. The summed E-state index contributed by atoms with van der Waals surface area (Å²) < 4.78 is 4.57. The number of aliphatic carboxylic acids is 1. The number of carboxylic acid groups (broad SMARTS) is 1. The van der Waals surface area contributed by atoms with Gasteiger partial charge in [0.2, 0.25) is 0 Å². The van der Waals surface area contributed by atoms with Gasteiger partial charge in [-0.15, -0.1) is 11.3 Å². The minimum Gasteiger partial charge on any atom is -0.481 e. The summed E-state index contributed by atoms with van der Waals surface area (Å²) in [4.78, 5) is 21.8. The largest absolute Gasteiger partial charge is 0.481 e. The Morgan fingerprint density at radius 1 is 1.39 bits per heavy atom. The first-order chi connectivity index (χ1) is 11.0. The first-order valence-corrected chi connectivity index (χ1v) is 8.14. The smallest absolute Gasteiger partial charge is 0.306 e. The van der Waals surface area contributed by atoms with E-state index in [0.29, 0.717) is 6.42 Å². The second-order valence-electron chi connectivity index (χ2n) is 4.54. The molecule has 1 aromatic rings. The molecule has 0 aromatic carbocycles. The van der Waals surface area contributed by atoms with Crippen molar-refractivity contribution in [2.75, 3.05) is 6.61 Å². The Morgan fingerprint density at radius 2 is 2.13 bits per heavy atom. The van der Waals surface area contributed by atoms with Gasteiger partial charge in [0.05, 0.1) is 6.42 Å². The summed E-state index contributed by atoms with van der Waals surface area (Å²) in [5.41, 5.74) is 1.10. The molecule has 1 aromatic heterocycles. The molecule has 1 heterocycles. The highest BCUT2D eigenvalue weighted by Gasteiger charge is 2.02. The normalized spacial score (nSPS) is 10.8. The van der Waals surface area contributed by atoms with Gasteiger partial charge in [-0.25, -0.2) is 0 Å². The third-order valence-corrected chi connectivity index (χ3v) is 3.27. The predicted molar refractivity (Wildman–Crippen MR) is 94.0 cm³/mol. The molecule has 6 heteroatoms. The maximum Gasteiger partial charge on any atom is 0.306 e.